The second kappa shape index (κ2) is 8.96. The first-order valence-corrected chi connectivity index (χ1v) is 9.80. The van der Waals surface area contributed by atoms with Crippen LogP contribution in [0.4, 0.5) is 11.4 Å². The third-order valence-corrected chi connectivity index (χ3v) is 5.32. The van der Waals surface area contributed by atoms with Gasteiger partial charge in [-0.3, -0.25) is 14.4 Å². The lowest BCUT2D eigenvalue weighted by Gasteiger charge is -2.35. The maximum atomic E-state index is 12.5. The van der Waals surface area contributed by atoms with Gasteiger partial charge in [-0.05, 0) is 48.4 Å². The van der Waals surface area contributed by atoms with Crippen molar-refractivity contribution in [1.82, 2.24) is 4.90 Å². The highest BCUT2D eigenvalue weighted by Crippen LogP contribution is 2.22. The van der Waals surface area contributed by atoms with Crippen molar-refractivity contribution in [1.29, 1.82) is 0 Å². The quantitative estimate of drug-likeness (QED) is 0.750. The van der Waals surface area contributed by atoms with E-state index >= 15 is 0 Å². The number of nitrogens with two attached hydrogens (primary N) is 1. The predicted octanol–water partition coefficient (Wildman–Crippen LogP) is 2.29. The Morgan fingerprint density at radius 2 is 1.69 bits per heavy atom. The number of hydrogen-bond donors (Lipinski definition) is 2. The van der Waals surface area contributed by atoms with E-state index in [1.54, 1.807) is 24.3 Å². The second-order valence-corrected chi connectivity index (χ2v) is 7.21. The van der Waals surface area contributed by atoms with E-state index in [-0.39, 0.29) is 0 Å². The van der Waals surface area contributed by atoms with E-state index < -0.39 is 17.7 Å². The molecule has 0 spiro atoms. The number of nitrogens with zero attached hydrogens (tertiary/aromatic N) is 2. The van der Waals surface area contributed by atoms with Gasteiger partial charge in [-0.25, -0.2) is 0 Å². The normalized spacial score (nSPS) is 13.9. The van der Waals surface area contributed by atoms with Crippen LogP contribution in [0.25, 0.3) is 0 Å². The number of carbonyl (C=O) groups excluding carboxylic acids is 3. The fourth-order valence-electron chi connectivity index (χ4n) is 3.24. The van der Waals surface area contributed by atoms with Crippen molar-refractivity contribution in [3.8, 4) is 0 Å². The van der Waals surface area contributed by atoms with Crippen molar-refractivity contribution < 1.29 is 14.4 Å². The van der Waals surface area contributed by atoms with Gasteiger partial charge in [0.25, 0.3) is 0 Å². The zero-order valence-electron chi connectivity index (χ0n) is 16.2. The second-order valence-electron chi connectivity index (χ2n) is 6.80. The molecular weight excluding hydrogens is 392 g/mol. The highest BCUT2D eigenvalue weighted by Gasteiger charge is 2.26. The predicted molar refractivity (Wildman–Crippen MR) is 113 cm³/mol. The molecule has 0 unspecified atom stereocenters. The van der Waals surface area contributed by atoms with E-state index in [0.717, 1.165) is 17.7 Å². The highest BCUT2D eigenvalue weighted by molar-refractivity contribution is 6.39. The fourth-order valence-corrected chi connectivity index (χ4v) is 3.56. The minimum atomic E-state index is -0.676. The van der Waals surface area contributed by atoms with Gasteiger partial charge in [0.2, 0.25) is 5.91 Å². The molecule has 1 heterocycles. The van der Waals surface area contributed by atoms with Gasteiger partial charge in [-0.15, -0.1) is 0 Å². The highest BCUT2D eigenvalue weighted by atomic mass is 35.5. The number of primary amides is 1. The van der Waals surface area contributed by atoms with Gasteiger partial charge in [0.1, 0.15) is 0 Å². The molecule has 152 valence electrons. The molecule has 1 saturated heterocycles. The van der Waals surface area contributed by atoms with Gasteiger partial charge >= 0.3 is 11.8 Å². The number of piperazine rings is 1. The Morgan fingerprint density at radius 3 is 2.24 bits per heavy atom. The average Bonchev–Trinajstić information content (AvgIpc) is 2.73. The number of anilines is 2. The minimum Gasteiger partial charge on any atom is -0.368 e. The first kappa shape index (κ1) is 20.7. The number of benzene rings is 2. The van der Waals surface area contributed by atoms with Crippen molar-refractivity contribution in [2.24, 2.45) is 5.73 Å². The molecule has 0 atom stereocenters. The number of nitrogens with one attached hydrogen (secondary N) is 1. The summed E-state index contributed by atoms with van der Waals surface area (Å²) in [6.45, 7) is 4.03. The third kappa shape index (κ3) is 4.86. The van der Waals surface area contributed by atoms with Gasteiger partial charge in [0, 0.05) is 48.1 Å². The number of amides is 3. The molecule has 7 nitrogen and oxygen atoms in total. The molecule has 3 amide bonds. The molecule has 2 aromatic carbocycles. The van der Waals surface area contributed by atoms with Crippen LogP contribution in [0, 0.1) is 0 Å². The average molecular weight is 415 g/mol. The molecule has 2 aromatic rings. The molecule has 0 aromatic heterocycles. The van der Waals surface area contributed by atoms with Crippen molar-refractivity contribution in [3.05, 3.63) is 58.6 Å². The molecule has 8 heteroatoms. The zero-order valence-corrected chi connectivity index (χ0v) is 16.9. The lowest BCUT2D eigenvalue weighted by molar-refractivity contribution is -0.143. The third-order valence-electron chi connectivity index (χ3n) is 4.97. The van der Waals surface area contributed by atoms with Crippen LogP contribution < -0.4 is 16.0 Å². The van der Waals surface area contributed by atoms with E-state index in [1.807, 2.05) is 25.1 Å². The van der Waals surface area contributed by atoms with Crippen molar-refractivity contribution in [2.75, 3.05) is 36.4 Å². The fraction of sp³-hybridized carbons (Fsp3) is 0.286. The van der Waals surface area contributed by atoms with Gasteiger partial charge < -0.3 is 20.9 Å². The molecule has 1 fully saturated rings. The Balaban J connectivity index is 1.55. The summed E-state index contributed by atoms with van der Waals surface area (Å²) >= 11 is 6.16. The molecule has 0 radical (unpaired) electrons. The number of rotatable bonds is 4. The Kier molecular flexibility index (Phi) is 6.39. The monoisotopic (exact) mass is 414 g/mol. The SMILES string of the molecule is CCc1ccc(NC(=O)C(=O)N2CCN(c3ccc(C(N)=O)cc3)CC2)cc1Cl. The van der Waals surface area contributed by atoms with Crippen molar-refractivity contribution >= 4 is 40.7 Å². The molecule has 29 heavy (non-hydrogen) atoms. The van der Waals surface area contributed by atoms with Crippen molar-refractivity contribution in [2.45, 2.75) is 13.3 Å². The molecule has 0 saturated carbocycles. The van der Waals surface area contributed by atoms with Gasteiger partial charge in [-0.1, -0.05) is 24.6 Å². The van der Waals surface area contributed by atoms with E-state index in [0.29, 0.717) is 42.5 Å². The summed E-state index contributed by atoms with van der Waals surface area (Å²) in [5, 5.41) is 3.18. The number of halogens is 1. The molecule has 0 aliphatic carbocycles. The summed E-state index contributed by atoms with van der Waals surface area (Å²) in [5.74, 6) is -1.71. The summed E-state index contributed by atoms with van der Waals surface area (Å²) in [4.78, 5) is 39.6. The van der Waals surface area contributed by atoms with E-state index in [4.69, 9.17) is 17.3 Å². The molecule has 1 aliphatic rings. The Morgan fingerprint density at radius 1 is 1.03 bits per heavy atom. The Labute approximate surface area is 174 Å². The summed E-state index contributed by atoms with van der Waals surface area (Å²) in [6.07, 6.45) is 0.793. The van der Waals surface area contributed by atoms with Crippen LogP contribution in [-0.4, -0.2) is 48.8 Å². The lowest BCUT2D eigenvalue weighted by Crippen LogP contribution is -2.51. The van der Waals surface area contributed by atoms with Gasteiger partial charge in [0.15, 0.2) is 0 Å². The maximum Gasteiger partial charge on any atom is 0.313 e. The molecule has 1 aliphatic heterocycles. The molecule has 3 N–H and O–H groups in total. The summed E-state index contributed by atoms with van der Waals surface area (Å²) in [6, 6.07) is 12.2. The van der Waals surface area contributed by atoms with Crippen LogP contribution >= 0.6 is 11.6 Å². The van der Waals surface area contributed by atoms with Gasteiger partial charge in [-0.2, -0.15) is 0 Å². The van der Waals surface area contributed by atoms with Crippen LogP contribution in [-0.2, 0) is 16.0 Å². The topological polar surface area (TPSA) is 95.7 Å². The zero-order chi connectivity index (χ0) is 21.0. The van der Waals surface area contributed by atoms with Crippen LogP contribution in [0.2, 0.25) is 5.02 Å². The largest absolute Gasteiger partial charge is 0.368 e. The van der Waals surface area contributed by atoms with E-state index in [1.165, 1.54) is 4.90 Å². The Hall–Kier alpha value is -3.06. The van der Waals surface area contributed by atoms with Gasteiger partial charge in [0.05, 0.1) is 0 Å². The van der Waals surface area contributed by atoms with Crippen molar-refractivity contribution in [3.63, 3.8) is 0 Å². The Bertz CT molecular complexity index is 922. The number of carbonyl (C=O) groups is 3. The summed E-state index contributed by atoms with van der Waals surface area (Å²) < 4.78 is 0. The number of hydrogen-bond acceptors (Lipinski definition) is 4. The van der Waals surface area contributed by atoms with E-state index in [9.17, 15) is 14.4 Å². The maximum absolute atomic E-state index is 12.5. The summed E-state index contributed by atoms with van der Waals surface area (Å²) in [7, 11) is 0. The van der Waals surface area contributed by atoms with Crippen LogP contribution in [0.5, 0.6) is 0 Å². The molecule has 3 rings (SSSR count). The minimum absolute atomic E-state index is 0.430. The smallest absolute Gasteiger partial charge is 0.313 e. The van der Waals surface area contributed by atoms with Crippen LogP contribution in [0.3, 0.4) is 0 Å². The van der Waals surface area contributed by atoms with Crippen LogP contribution in [0.1, 0.15) is 22.8 Å². The van der Waals surface area contributed by atoms with Crippen LogP contribution in [0.15, 0.2) is 42.5 Å². The van der Waals surface area contributed by atoms with E-state index in [2.05, 4.69) is 10.2 Å². The standard InChI is InChI=1S/C21H23ClN4O3/c1-2-14-3-6-16(13-18(14)22)24-20(28)21(29)26-11-9-25(10-12-26)17-7-4-15(5-8-17)19(23)27/h3-8,13H,2,9-12H2,1H3,(H2,23,27)(H,24,28). The lowest BCUT2D eigenvalue weighted by atomic mass is 10.1. The first-order chi connectivity index (χ1) is 13.9. The molecule has 0 bridgehead atoms. The molecular formula is C21H23ClN4O3. The number of aryl methyl sites for hydroxylation is 1. The summed E-state index contributed by atoms with van der Waals surface area (Å²) in [5.41, 5.74) is 8.13. The first-order valence-electron chi connectivity index (χ1n) is 9.42.